The van der Waals surface area contributed by atoms with E-state index in [1.807, 2.05) is 42.6 Å². The third-order valence-corrected chi connectivity index (χ3v) is 2.57. The second kappa shape index (κ2) is 8.82. The van der Waals surface area contributed by atoms with Crippen LogP contribution in [0.25, 0.3) is 11.3 Å². The SMILES string of the molecule is CCCCCCl.c1ccc(-c2cc[nH]n2)cc1. The average molecular weight is 251 g/mol. The molecule has 0 amide bonds. The van der Waals surface area contributed by atoms with Crippen LogP contribution in [-0.2, 0) is 0 Å². The van der Waals surface area contributed by atoms with Crippen LogP contribution in [0.2, 0.25) is 0 Å². The largest absolute Gasteiger partial charge is 0.285 e. The standard InChI is InChI=1S/C9H8N2.C5H11Cl/c1-2-4-8(5-3-1)9-6-7-10-11-9;1-2-3-4-5-6/h1-7H,(H,10,11);2-5H2,1H3. The first-order valence-electron chi connectivity index (χ1n) is 5.99. The zero-order valence-electron chi connectivity index (χ0n) is 10.2. The van der Waals surface area contributed by atoms with Crippen LogP contribution in [0, 0.1) is 0 Å². The van der Waals surface area contributed by atoms with Gasteiger partial charge < -0.3 is 0 Å². The van der Waals surface area contributed by atoms with Gasteiger partial charge in [0.1, 0.15) is 0 Å². The summed E-state index contributed by atoms with van der Waals surface area (Å²) in [7, 11) is 0. The molecule has 0 radical (unpaired) electrons. The van der Waals surface area contributed by atoms with Crippen LogP contribution >= 0.6 is 11.6 Å². The van der Waals surface area contributed by atoms with E-state index in [-0.39, 0.29) is 0 Å². The molecule has 1 aromatic carbocycles. The lowest BCUT2D eigenvalue weighted by atomic mass is 10.2. The molecular formula is C14H19ClN2. The molecule has 0 spiro atoms. The molecule has 1 heterocycles. The number of hydrogen-bond donors (Lipinski definition) is 1. The number of nitrogens with one attached hydrogen (secondary N) is 1. The van der Waals surface area contributed by atoms with Crippen LogP contribution in [0.3, 0.4) is 0 Å². The number of unbranched alkanes of at least 4 members (excludes halogenated alkanes) is 2. The number of benzene rings is 1. The van der Waals surface area contributed by atoms with Gasteiger partial charge >= 0.3 is 0 Å². The van der Waals surface area contributed by atoms with Gasteiger partial charge in [-0.3, -0.25) is 5.10 Å². The van der Waals surface area contributed by atoms with Crippen LogP contribution in [0.4, 0.5) is 0 Å². The molecule has 0 unspecified atom stereocenters. The number of alkyl halides is 1. The second-order valence-corrected chi connectivity index (χ2v) is 4.10. The maximum absolute atomic E-state index is 5.38. The lowest BCUT2D eigenvalue weighted by molar-refractivity contribution is 0.776. The number of aromatic nitrogens is 2. The van der Waals surface area contributed by atoms with E-state index >= 15 is 0 Å². The summed E-state index contributed by atoms with van der Waals surface area (Å²) < 4.78 is 0. The van der Waals surface area contributed by atoms with Crippen LogP contribution in [0.15, 0.2) is 42.6 Å². The first kappa shape index (κ1) is 13.8. The van der Waals surface area contributed by atoms with Gasteiger partial charge in [-0.2, -0.15) is 5.10 Å². The number of hydrogen-bond acceptors (Lipinski definition) is 1. The predicted octanol–water partition coefficient (Wildman–Crippen LogP) is 4.49. The van der Waals surface area contributed by atoms with Crippen LogP contribution < -0.4 is 0 Å². The highest BCUT2D eigenvalue weighted by Gasteiger charge is 1.95. The van der Waals surface area contributed by atoms with E-state index in [1.54, 1.807) is 0 Å². The fourth-order valence-electron chi connectivity index (χ4n) is 1.37. The molecule has 3 heteroatoms. The van der Waals surface area contributed by atoms with Crippen molar-refractivity contribution >= 4 is 11.6 Å². The van der Waals surface area contributed by atoms with Crippen LogP contribution in [0.1, 0.15) is 26.2 Å². The summed E-state index contributed by atoms with van der Waals surface area (Å²) in [6.45, 7) is 2.17. The summed E-state index contributed by atoms with van der Waals surface area (Å²) in [5, 5.41) is 6.84. The van der Waals surface area contributed by atoms with E-state index in [1.165, 1.54) is 19.3 Å². The molecule has 1 N–H and O–H groups in total. The molecule has 0 aliphatic heterocycles. The molecule has 0 saturated heterocycles. The van der Waals surface area contributed by atoms with Crippen molar-refractivity contribution in [3.63, 3.8) is 0 Å². The number of aromatic amines is 1. The average Bonchev–Trinajstić information content (AvgIpc) is 2.92. The summed E-state index contributed by atoms with van der Waals surface area (Å²) in [6.07, 6.45) is 5.55. The maximum atomic E-state index is 5.38. The Morgan fingerprint density at radius 1 is 1.12 bits per heavy atom. The van der Waals surface area contributed by atoms with Gasteiger partial charge in [0.2, 0.25) is 0 Å². The Morgan fingerprint density at radius 2 is 1.88 bits per heavy atom. The van der Waals surface area contributed by atoms with Gasteiger partial charge in [0.05, 0.1) is 5.69 Å². The van der Waals surface area contributed by atoms with Gasteiger partial charge in [0.15, 0.2) is 0 Å². The van der Waals surface area contributed by atoms with E-state index in [0.29, 0.717) is 0 Å². The minimum absolute atomic E-state index is 0.827. The maximum Gasteiger partial charge on any atom is 0.0920 e. The molecule has 0 aliphatic rings. The van der Waals surface area contributed by atoms with Gasteiger partial charge in [0, 0.05) is 17.6 Å². The number of nitrogens with zero attached hydrogens (tertiary/aromatic N) is 1. The van der Waals surface area contributed by atoms with E-state index in [0.717, 1.165) is 17.1 Å². The minimum atomic E-state index is 0.827. The van der Waals surface area contributed by atoms with Crippen molar-refractivity contribution in [3.05, 3.63) is 42.6 Å². The van der Waals surface area contributed by atoms with Crippen molar-refractivity contribution in [2.24, 2.45) is 0 Å². The normalized spacial score (nSPS) is 9.53. The van der Waals surface area contributed by atoms with Gasteiger partial charge in [-0.25, -0.2) is 0 Å². The van der Waals surface area contributed by atoms with E-state index < -0.39 is 0 Å². The third kappa shape index (κ3) is 5.55. The first-order chi connectivity index (χ1) is 8.38. The van der Waals surface area contributed by atoms with Crippen molar-refractivity contribution in [1.82, 2.24) is 10.2 Å². The van der Waals surface area contributed by atoms with Gasteiger partial charge in [-0.1, -0.05) is 50.1 Å². The molecule has 2 aromatic rings. The molecule has 0 saturated carbocycles. The molecule has 2 rings (SSSR count). The quantitative estimate of drug-likeness (QED) is 0.629. The Labute approximate surface area is 108 Å². The lowest BCUT2D eigenvalue weighted by Gasteiger charge is -1.91. The molecular weight excluding hydrogens is 232 g/mol. The highest BCUT2D eigenvalue weighted by Crippen LogP contribution is 2.13. The molecule has 0 atom stereocenters. The van der Waals surface area contributed by atoms with Crippen molar-refractivity contribution in [3.8, 4) is 11.3 Å². The van der Waals surface area contributed by atoms with Crippen molar-refractivity contribution in [1.29, 1.82) is 0 Å². The first-order valence-corrected chi connectivity index (χ1v) is 6.53. The van der Waals surface area contributed by atoms with Crippen LogP contribution in [0.5, 0.6) is 0 Å². The molecule has 1 aromatic heterocycles. The summed E-state index contributed by atoms with van der Waals surface area (Å²) >= 11 is 5.38. The number of H-pyrrole nitrogens is 1. The predicted molar refractivity (Wildman–Crippen MR) is 74.3 cm³/mol. The molecule has 0 aliphatic carbocycles. The Bertz CT molecular complexity index is 366. The summed E-state index contributed by atoms with van der Waals surface area (Å²) in [5.74, 6) is 0.827. The van der Waals surface area contributed by atoms with Gasteiger partial charge in [-0.15, -0.1) is 11.6 Å². The van der Waals surface area contributed by atoms with E-state index in [4.69, 9.17) is 11.6 Å². The highest BCUT2D eigenvalue weighted by atomic mass is 35.5. The topological polar surface area (TPSA) is 28.7 Å². The molecule has 0 fully saturated rings. The van der Waals surface area contributed by atoms with E-state index in [9.17, 15) is 0 Å². The fourth-order valence-corrected chi connectivity index (χ4v) is 1.56. The zero-order valence-corrected chi connectivity index (χ0v) is 11.0. The molecule has 2 nitrogen and oxygen atoms in total. The van der Waals surface area contributed by atoms with Crippen molar-refractivity contribution in [2.75, 3.05) is 5.88 Å². The van der Waals surface area contributed by atoms with Crippen molar-refractivity contribution < 1.29 is 0 Å². The van der Waals surface area contributed by atoms with E-state index in [2.05, 4.69) is 17.1 Å². The molecule has 92 valence electrons. The Kier molecular flexibility index (Phi) is 7.15. The third-order valence-electron chi connectivity index (χ3n) is 2.31. The van der Waals surface area contributed by atoms with Crippen LogP contribution in [-0.4, -0.2) is 16.1 Å². The number of rotatable bonds is 4. The minimum Gasteiger partial charge on any atom is -0.285 e. The van der Waals surface area contributed by atoms with Gasteiger partial charge in [0.25, 0.3) is 0 Å². The smallest absolute Gasteiger partial charge is 0.0920 e. The summed E-state index contributed by atoms with van der Waals surface area (Å²) in [6, 6.07) is 12.0. The second-order valence-electron chi connectivity index (χ2n) is 3.72. The Hall–Kier alpha value is -1.28. The molecule has 17 heavy (non-hydrogen) atoms. The zero-order chi connectivity index (χ0) is 12.3. The monoisotopic (exact) mass is 250 g/mol. The molecule has 0 bridgehead atoms. The highest BCUT2D eigenvalue weighted by molar-refractivity contribution is 6.17. The number of halogens is 1. The van der Waals surface area contributed by atoms with Crippen molar-refractivity contribution in [2.45, 2.75) is 26.2 Å². The Morgan fingerprint density at radius 3 is 2.35 bits per heavy atom. The summed E-state index contributed by atoms with van der Waals surface area (Å²) in [5.41, 5.74) is 2.14. The summed E-state index contributed by atoms with van der Waals surface area (Å²) in [4.78, 5) is 0. The fraction of sp³-hybridized carbons (Fsp3) is 0.357. The lowest BCUT2D eigenvalue weighted by Crippen LogP contribution is -1.75. The van der Waals surface area contributed by atoms with Gasteiger partial charge in [-0.05, 0) is 12.5 Å². The Balaban J connectivity index is 0.000000209.